The molecule has 8 heteroatoms. The summed E-state index contributed by atoms with van der Waals surface area (Å²) in [7, 11) is 0. The summed E-state index contributed by atoms with van der Waals surface area (Å²) in [5.41, 5.74) is 1.48. The standard InChI is InChI=1S/C29H17F7O/c1-16-3-10-22(24(30)11-16)19-7-4-18(5-8-19)6-9-20-13-25(31)23(12-17(20)2)29(35,36)37-21-14-26(32)28(34)27(33)15-21/h3-5,7-8,10-15H,1-2H3. The lowest BCUT2D eigenvalue weighted by Gasteiger charge is -2.20. The van der Waals surface area contributed by atoms with Gasteiger partial charge in [0.2, 0.25) is 0 Å². The number of alkyl halides is 2. The van der Waals surface area contributed by atoms with Gasteiger partial charge in [-0.25, -0.2) is 22.0 Å². The van der Waals surface area contributed by atoms with Gasteiger partial charge in [0.15, 0.2) is 17.5 Å². The normalized spacial score (nSPS) is 11.2. The smallest absolute Gasteiger partial charge is 0.429 e. The summed E-state index contributed by atoms with van der Waals surface area (Å²) < 4.78 is 102. The lowest BCUT2D eigenvalue weighted by atomic mass is 10.0. The molecule has 0 heterocycles. The second-order valence-corrected chi connectivity index (χ2v) is 8.28. The third-order valence-corrected chi connectivity index (χ3v) is 5.49. The van der Waals surface area contributed by atoms with Crippen LogP contribution in [0.5, 0.6) is 5.75 Å². The zero-order valence-electron chi connectivity index (χ0n) is 19.4. The number of aryl methyl sites for hydroxylation is 2. The third kappa shape index (κ3) is 5.61. The van der Waals surface area contributed by atoms with Gasteiger partial charge < -0.3 is 4.74 Å². The van der Waals surface area contributed by atoms with Crippen molar-refractivity contribution >= 4 is 0 Å². The summed E-state index contributed by atoms with van der Waals surface area (Å²) >= 11 is 0. The van der Waals surface area contributed by atoms with Gasteiger partial charge in [-0.05, 0) is 60.9 Å². The Balaban J connectivity index is 1.57. The average Bonchev–Trinajstić information content (AvgIpc) is 2.83. The molecule has 4 aromatic rings. The summed E-state index contributed by atoms with van der Waals surface area (Å²) in [6.07, 6.45) is -4.32. The largest absolute Gasteiger partial charge is 0.429 e. The molecule has 0 saturated carbocycles. The van der Waals surface area contributed by atoms with Crippen LogP contribution in [0.1, 0.15) is 27.8 Å². The molecule has 0 aliphatic heterocycles. The van der Waals surface area contributed by atoms with Crippen LogP contribution in [0.3, 0.4) is 0 Å². The van der Waals surface area contributed by atoms with E-state index in [1.165, 1.54) is 13.0 Å². The van der Waals surface area contributed by atoms with Gasteiger partial charge >= 0.3 is 6.11 Å². The van der Waals surface area contributed by atoms with E-state index in [0.717, 1.165) is 17.7 Å². The summed E-state index contributed by atoms with van der Waals surface area (Å²) in [5.74, 6) is -2.55. The molecule has 0 aliphatic rings. The second-order valence-electron chi connectivity index (χ2n) is 8.28. The number of halogens is 7. The molecule has 37 heavy (non-hydrogen) atoms. The van der Waals surface area contributed by atoms with Crippen molar-refractivity contribution in [1.29, 1.82) is 0 Å². The molecule has 0 unspecified atom stereocenters. The van der Waals surface area contributed by atoms with Gasteiger partial charge in [0, 0.05) is 28.8 Å². The molecule has 0 N–H and O–H groups in total. The highest BCUT2D eigenvalue weighted by Crippen LogP contribution is 2.35. The van der Waals surface area contributed by atoms with E-state index in [-0.39, 0.29) is 29.1 Å². The first kappa shape index (κ1) is 25.8. The van der Waals surface area contributed by atoms with Gasteiger partial charge in [-0.3, -0.25) is 0 Å². The van der Waals surface area contributed by atoms with E-state index in [0.29, 0.717) is 16.7 Å². The maximum atomic E-state index is 14.6. The minimum atomic E-state index is -4.32. The number of hydrogen-bond acceptors (Lipinski definition) is 1. The minimum Gasteiger partial charge on any atom is -0.429 e. The molecule has 188 valence electrons. The lowest BCUT2D eigenvalue weighted by molar-refractivity contribution is -0.187. The molecule has 0 amide bonds. The van der Waals surface area contributed by atoms with E-state index in [4.69, 9.17) is 0 Å². The molecule has 0 spiro atoms. The average molecular weight is 514 g/mol. The number of hydrogen-bond donors (Lipinski definition) is 0. The first-order chi connectivity index (χ1) is 17.4. The minimum absolute atomic E-state index is 0.115. The Bertz CT molecular complexity index is 1520. The molecule has 0 atom stereocenters. The summed E-state index contributed by atoms with van der Waals surface area (Å²) in [5, 5.41) is 0. The van der Waals surface area contributed by atoms with Crippen LogP contribution < -0.4 is 4.74 Å². The van der Waals surface area contributed by atoms with Crippen molar-refractivity contribution in [3.63, 3.8) is 0 Å². The Labute approximate surface area is 208 Å². The third-order valence-electron chi connectivity index (χ3n) is 5.49. The Morgan fingerprint density at radius 3 is 1.95 bits per heavy atom. The molecule has 0 aromatic heterocycles. The van der Waals surface area contributed by atoms with Gasteiger partial charge in [-0.2, -0.15) is 8.78 Å². The van der Waals surface area contributed by atoms with Crippen molar-refractivity contribution in [3.8, 4) is 28.7 Å². The quantitative estimate of drug-likeness (QED) is 0.152. The van der Waals surface area contributed by atoms with E-state index in [1.54, 1.807) is 43.3 Å². The second kappa shape index (κ2) is 10.0. The maximum Gasteiger partial charge on any atom is 0.429 e. The van der Waals surface area contributed by atoms with Crippen molar-refractivity contribution in [3.05, 3.63) is 124 Å². The predicted molar refractivity (Wildman–Crippen MR) is 125 cm³/mol. The Morgan fingerprint density at radius 2 is 1.32 bits per heavy atom. The molecular weight excluding hydrogens is 497 g/mol. The Morgan fingerprint density at radius 1 is 0.676 bits per heavy atom. The fourth-order valence-electron chi connectivity index (χ4n) is 3.56. The van der Waals surface area contributed by atoms with Crippen LogP contribution in [0.2, 0.25) is 0 Å². The van der Waals surface area contributed by atoms with Gasteiger partial charge in [-0.15, -0.1) is 0 Å². The van der Waals surface area contributed by atoms with E-state index < -0.39 is 40.7 Å². The van der Waals surface area contributed by atoms with Crippen LogP contribution in [0.4, 0.5) is 30.7 Å². The van der Waals surface area contributed by atoms with E-state index in [1.807, 2.05) is 0 Å². The highest BCUT2D eigenvalue weighted by Gasteiger charge is 2.38. The number of rotatable bonds is 4. The highest BCUT2D eigenvalue weighted by atomic mass is 19.3. The molecule has 0 saturated heterocycles. The molecule has 0 aliphatic carbocycles. The van der Waals surface area contributed by atoms with Crippen LogP contribution in [0, 0.1) is 54.8 Å². The van der Waals surface area contributed by atoms with Gasteiger partial charge in [0.1, 0.15) is 22.9 Å². The topological polar surface area (TPSA) is 9.23 Å². The van der Waals surface area contributed by atoms with Crippen molar-refractivity contribution in [2.75, 3.05) is 0 Å². The van der Waals surface area contributed by atoms with Crippen molar-refractivity contribution in [2.45, 2.75) is 20.0 Å². The summed E-state index contributed by atoms with van der Waals surface area (Å²) in [6.45, 7) is 3.20. The molecule has 4 aromatic carbocycles. The molecule has 1 nitrogen and oxygen atoms in total. The van der Waals surface area contributed by atoms with Crippen molar-refractivity contribution < 1.29 is 35.5 Å². The molecule has 0 radical (unpaired) electrons. The molecule has 0 bridgehead atoms. The van der Waals surface area contributed by atoms with E-state index in [9.17, 15) is 30.7 Å². The fourth-order valence-corrected chi connectivity index (χ4v) is 3.56. The maximum absolute atomic E-state index is 14.6. The van der Waals surface area contributed by atoms with Crippen LogP contribution in [0.25, 0.3) is 11.1 Å². The number of benzene rings is 4. The van der Waals surface area contributed by atoms with Gasteiger partial charge in [0.05, 0.1) is 0 Å². The summed E-state index contributed by atoms with van der Waals surface area (Å²) in [6, 6.07) is 13.6. The molecule has 0 fully saturated rings. The van der Waals surface area contributed by atoms with E-state index in [2.05, 4.69) is 16.6 Å². The van der Waals surface area contributed by atoms with Crippen LogP contribution in [-0.4, -0.2) is 0 Å². The van der Waals surface area contributed by atoms with Crippen molar-refractivity contribution in [1.82, 2.24) is 0 Å². The SMILES string of the molecule is Cc1ccc(-c2ccc(C#Cc3cc(F)c(C(F)(F)Oc4cc(F)c(F)c(F)c4)cc3C)cc2)c(F)c1. The zero-order valence-corrected chi connectivity index (χ0v) is 19.4. The summed E-state index contributed by atoms with van der Waals surface area (Å²) in [4.78, 5) is 0. The fraction of sp³-hybridized carbons (Fsp3) is 0.103. The van der Waals surface area contributed by atoms with Gasteiger partial charge in [0.25, 0.3) is 0 Å². The monoisotopic (exact) mass is 514 g/mol. The van der Waals surface area contributed by atoms with Crippen LogP contribution in [-0.2, 0) is 6.11 Å². The Hall–Kier alpha value is -4.25. The lowest BCUT2D eigenvalue weighted by Crippen LogP contribution is -2.24. The number of ether oxygens (including phenoxy) is 1. The van der Waals surface area contributed by atoms with Gasteiger partial charge in [-0.1, -0.05) is 36.1 Å². The van der Waals surface area contributed by atoms with Crippen molar-refractivity contribution in [2.24, 2.45) is 0 Å². The van der Waals surface area contributed by atoms with E-state index >= 15 is 0 Å². The first-order valence-electron chi connectivity index (χ1n) is 10.8. The predicted octanol–water partition coefficient (Wildman–Crippen LogP) is 8.19. The molecule has 4 rings (SSSR count). The van der Waals surface area contributed by atoms with Crippen LogP contribution >= 0.6 is 0 Å². The first-order valence-corrected chi connectivity index (χ1v) is 10.8. The Kier molecular flexibility index (Phi) is 6.99. The van der Waals surface area contributed by atoms with Crippen LogP contribution in [0.15, 0.2) is 66.7 Å². The highest BCUT2D eigenvalue weighted by molar-refractivity contribution is 5.65. The zero-order chi connectivity index (χ0) is 26.9. The molecular formula is C29H17F7O.